The van der Waals surface area contributed by atoms with Crippen LogP contribution in [0.1, 0.15) is 44.9 Å². The minimum Gasteiger partial charge on any atom is -0.368 e. The summed E-state index contributed by atoms with van der Waals surface area (Å²) in [6.07, 6.45) is 0. The van der Waals surface area contributed by atoms with Gasteiger partial charge >= 0.3 is 0 Å². The topological polar surface area (TPSA) is 24.9 Å². The molecule has 1 aromatic heterocycles. The standard InChI is InChI=1S/C12H20N2/c1-8(2)11-6-7-12(13-9(3)4)14-10(11)5/h6-9H,1-5H3,(H,13,14). The summed E-state index contributed by atoms with van der Waals surface area (Å²) in [6, 6.07) is 4.66. The molecule has 1 N–H and O–H groups in total. The molecule has 1 aromatic rings. The quantitative estimate of drug-likeness (QED) is 0.794. The number of rotatable bonds is 3. The van der Waals surface area contributed by atoms with Crippen LogP contribution < -0.4 is 5.32 Å². The van der Waals surface area contributed by atoms with Crippen LogP contribution in [0.4, 0.5) is 5.82 Å². The van der Waals surface area contributed by atoms with E-state index in [9.17, 15) is 0 Å². The van der Waals surface area contributed by atoms with E-state index in [-0.39, 0.29) is 0 Å². The lowest BCUT2D eigenvalue weighted by Crippen LogP contribution is -2.11. The van der Waals surface area contributed by atoms with E-state index in [1.807, 2.05) is 0 Å². The van der Waals surface area contributed by atoms with Gasteiger partial charge in [-0.25, -0.2) is 4.98 Å². The molecule has 2 heteroatoms. The molecule has 14 heavy (non-hydrogen) atoms. The molecule has 0 saturated carbocycles. The molecule has 0 amide bonds. The summed E-state index contributed by atoms with van der Waals surface area (Å²) >= 11 is 0. The van der Waals surface area contributed by atoms with Gasteiger partial charge in [0.05, 0.1) is 0 Å². The smallest absolute Gasteiger partial charge is 0.126 e. The van der Waals surface area contributed by atoms with Crippen LogP contribution in [0, 0.1) is 6.92 Å². The molecule has 0 spiro atoms. The molecule has 0 aliphatic carbocycles. The zero-order chi connectivity index (χ0) is 10.7. The highest BCUT2D eigenvalue weighted by atomic mass is 15.0. The highest BCUT2D eigenvalue weighted by molar-refractivity contribution is 5.39. The third-order valence-corrected chi connectivity index (χ3v) is 2.19. The minimum atomic E-state index is 0.437. The number of aromatic nitrogens is 1. The van der Waals surface area contributed by atoms with Crippen molar-refractivity contribution < 1.29 is 0 Å². The van der Waals surface area contributed by atoms with E-state index >= 15 is 0 Å². The van der Waals surface area contributed by atoms with Gasteiger partial charge in [-0.15, -0.1) is 0 Å². The summed E-state index contributed by atoms with van der Waals surface area (Å²) in [7, 11) is 0. The molecule has 0 unspecified atom stereocenters. The maximum atomic E-state index is 4.52. The predicted octanol–water partition coefficient (Wildman–Crippen LogP) is 3.33. The zero-order valence-corrected chi connectivity index (χ0v) is 9.76. The molecular formula is C12H20N2. The van der Waals surface area contributed by atoms with Crippen molar-refractivity contribution in [2.45, 2.75) is 46.6 Å². The SMILES string of the molecule is Cc1nc(NC(C)C)ccc1C(C)C. The Hall–Kier alpha value is -1.05. The zero-order valence-electron chi connectivity index (χ0n) is 9.76. The molecule has 1 heterocycles. The van der Waals surface area contributed by atoms with Crippen molar-refractivity contribution in [1.82, 2.24) is 4.98 Å². The van der Waals surface area contributed by atoms with Crippen LogP contribution in [0.5, 0.6) is 0 Å². The number of hydrogen-bond donors (Lipinski definition) is 1. The van der Waals surface area contributed by atoms with E-state index in [0.29, 0.717) is 12.0 Å². The van der Waals surface area contributed by atoms with Crippen LogP contribution in [0.15, 0.2) is 12.1 Å². The lowest BCUT2D eigenvalue weighted by molar-refractivity contribution is 0.836. The normalized spacial score (nSPS) is 11.1. The van der Waals surface area contributed by atoms with Gasteiger partial charge in [-0.2, -0.15) is 0 Å². The second-order valence-corrected chi connectivity index (χ2v) is 4.32. The summed E-state index contributed by atoms with van der Waals surface area (Å²) in [4.78, 5) is 4.52. The van der Waals surface area contributed by atoms with Gasteiger partial charge < -0.3 is 5.32 Å². The molecule has 0 radical (unpaired) electrons. The van der Waals surface area contributed by atoms with Gasteiger partial charge in [-0.1, -0.05) is 19.9 Å². The Kier molecular flexibility index (Phi) is 3.50. The Morgan fingerprint density at radius 3 is 2.21 bits per heavy atom. The van der Waals surface area contributed by atoms with Crippen LogP contribution >= 0.6 is 0 Å². The van der Waals surface area contributed by atoms with Gasteiger partial charge in [0.1, 0.15) is 5.82 Å². The molecule has 0 aromatic carbocycles. The number of nitrogens with zero attached hydrogens (tertiary/aromatic N) is 1. The Balaban J connectivity index is 2.89. The summed E-state index contributed by atoms with van der Waals surface area (Å²) in [5, 5.41) is 3.30. The van der Waals surface area contributed by atoms with E-state index in [4.69, 9.17) is 0 Å². The monoisotopic (exact) mass is 192 g/mol. The summed E-state index contributed by atoms with van der Waals surface area (Å²) in [6.45, 7) is 10.7. The Labute approximate surface area is 86.8 Å². The van der Waals surface area contributed by atoms with E-state index in [2.05, 4.69) is 57.1 Å². The van der Waals surface area contributed by atoms with E-state index in [1.54, 1.807) is 0 Å². The van der Waals surface area contributed by atoms with E-state index in [1.165, 1.54) is 5.56 Å². The minimum absolute atomic E-state index is 0.437. The number of pyridine rings is 1. The van der Waals surface area contributed by atoms with Gasteiger partial charge in [-0.3, -0.25) is 0 Å². The fraction of sp³-hybridized carbons (Fsp3) is 0.583. The molecule has 0 atom stereocenters. The third kappa shape index (κ3) is 2.72. The summed E-state index contributed by atoms with van der Waals surface area (Å²) in [5.74, 6) is 1.53. The molecular weight excluding hydrogens is 172 g/mol. The first-order valence-corrected chi connectivity index (χ1v) is 5.24. The van der Waals surface area contributed by atoms with E-state index in [0.717, 1.165) is 11.5 Å². The predicted molar refractivity (Wildman–Crippen MR) is 61.8 cm³/mol. The average molecular weight is 192 g/mol. The first-order valence-electron chi connectivity index (χ1n) is 5.24. The van der Waals surface area contributed by atoms with Crippen LogP contribution in [0.2, 0.25) is 0 Å². The maximum absolute atomic E-state index is 4.52. The van der Waals surface area contributed by atoms with Crippen LogP contribution in [-0.4, -0.2) is 11.0 Å². The largest absolute Gasteiger partial charge is 0.368 e. The van der Waals surface area contributed by atoms with Crippen LogP contribution in [0.3, 0.4) is 0 Å². The number of aryl methyl sites for hydroxylation is 1. The highest BCUT2D eigenvalue weighted by Gasteiger charge is 2.05. The molecule has 2 nitrogen and oxygen atoms in total. The van der Waals surface area contributed by atoms with Crippen molar-refractivity contribution in [1.29, 1.82) is 0 Å². The Morgan fingerprint density at radius 1 is 1.14 bits per heavy atom. The molecule has 0 aliphatic heterocycles. The molecule has 78 valence electrons. The van der Waals surface area contributed by atoms with Crippen molar-refractivity contribution in [2.75, 3.05) is 5.32 Å². The molecule has 0 fully saturated rings. The van der Waals surface area contributed by atoms with Crippen molar-refractivity contribution in [3.05, 3.63) is 23.4 Å². The number of nitrogens with one attached hydrogen (secondary N) is 1. The van der Waals surface area contributed by atoms with E-state index < -0.39 is 0 Å². The second-order valence-electron chi connectivity index (χ2n) is 4.32. The fourth-order valence-electron chi connectivity index (χ4n) is 1.56. The summed E-state index contributed by atoms with van der Waals surface area (Å²) in [5.41, 5.74) is 2.46. The highest BCUT2D eigenvalue weighted by Crippen LogP contribution is 2.19. The van der Waals surface area contributed by atoms with Gasteiger partial charge in [0.25, 0.3) is 0 Å². The Morgan fingerprint density at radius 2 is 1.79 bits per heavy atom. The Bertz CT molecular complexity index is 303. The first-order chi connectivity index (χ1) is 6.50. The van der Waals surface area contributed by atoms with Gasteiger partial charge in [0, 0.05) is 11.7 Å². The van der Waals surface area contributed by atoms with Crippen LogP contribution in [0.25, 0.3) is 0 Å². The second kappa shape index (κ2) is 4.45. The van der Waals surface area contributed by atoms with Crippen molar-refractivity contribution in [3.8, 4) is 0 Å². The van der Waals surface area contributed by atoms with Crippen molar-refractivity contribution >= 4 is 5.82 Å². The van der Waals surface area contributed by atoms with Crippen molar-refractivity contribution in [3.63, 3.8) is 0 Å². The lowest BCUT2D eigenvalue weighted by atomic mass is 10.0. The maximum Gasteiger partial charge on any atom is 0.126 e. The first kappa shape index (κ1) is 11.0. The fourth-order valence-corrected chi connectivity index (χ4v) is 1.56. The van der Waals surface area contributed by atoms with Gasteiger partial charge in [0.2, 0.25) is 0 Å². The third-order valence-electron chi connectivity index (χ3n) is 2.19. The number of hydrogen-bond acceptors (Lipinski definition) is 2. The summed E-state index contributed by atoms with van der Waals surface area (Å²) < 4.78 is 0. The average Bonchev–Trinajstić information content (AvgIpc) is 2.01. The van der Waals surface area contributed by atoms with Crippen LogP contribution in [-0.2, 0) is 0 Å². The van der Waals surface area contributed by atoms with Gasteiger partial charge in [-0.05, 0) is 38.3 Å². The molecule has 1 rings (SSSR count). The molecule has 0 aliphatic rings. The van der Waals surface area contributed by atoms with Gasteiger partial charge in [0.15, 0.2) is 0 Å². The number of anilines is 1. The van der Waals surface area contributed by atoms with Crippen molar-refractivity contribution in [2.24, 2.45) is 0 Å². The molecule has 0 bridgehead atoms. The lowest BCUT2D eigenvalue weighted by Gasteiger charge is -2.13. The molecule has 0 saturated heterocycles.